The maximum absolute atomic E-state index is 12.2. The van der Waals surface area contributed by atoms with E-state index in [0.717, 1.165) is 5.82 Å². The van der Waals surface area contributed by atoms with E-state index in [1.807, 2.05) is 0 Å². The topological polar surface area (TPSA) is 107 Å². The van der Waals surface area contributed by atoms with Crippen molar-refractivity contribution in [1.82, 2.24) is 25.1 Å². The number of hydrogen-bond donors (Lipinski definition) is 0. The van der Waals surface area contributed by atoms with E-state index in [9.17, 15) is 14.9 Å². The molecule has 22 heavy (non-hydrogen) atoms. The Bertz CT molecular complexity index is 524. The Morgan fingerprint density at radius 2 is 2.09 bits per heavy atom. The van der Waals surface area contributed by atoms with Gasteiger partial charge in [-0.05, 0) is 29.7 Å². The number of rotatable bonds is 6. The Kier molecular flexibility index (Phi) is 5.40. The summed E-state index contributed by atoms with van der Waals surface area (Å²) in [5, 5.41) is 21.9. The van der Waals surface area contributed by atoms with E-state index in [1.165, 1.54) is 0 Å². The first kappa shape index (κ1) is 16.3. The lowest BCUT2D eigenvalue weighted by Gasteiger charge is -2.32. The van der Waals surface area contributed by atoms with Gasteiger partial charge in [-0.1, -0.05) is 0 Å². The van der Waals surface area contributed by atoms with E-state index >= 15 is 0 Å². The molecule has 122 valence electrons. The molecule has 0 atom stereocenters. The molecule has 1 heterocycles. The molecule has 0 radical (unpaired) electrons. The van der Waals surface area contributed by atoms with Gasteiger partial charge in [0.25, 0.3) is 0 Å². The first-order valence-electron chi connectivity index (χ1n) is 7.59. The van der Waals surface area contributed by atoms with Crippen LogP contribution in [0.1, 0.15) is 44.3 Å². The normalized spacial score (nSPS) is 21.5. The van der Waals surface area contributed by atoms with Crippen LogP contribution in [0.5, 0.6) is 0 Å². The highest BCUT2D eigenvalue weighted by molar-refractivity contribution is 5.76. The Hall–Kier alpha value is -2.06. The number of aromatic nitrogens is 4. The summed E-state index contributed by atoms with van der Waals surface area (Å²) >= 11 is 0. The van der Waals surface area contributed by atoms with E-state index in [2.05, 4.69) is 15.5 Å². The van der Waals surface area contributed by atoms with E-state index in [1.54, 1.807) is 23.7 Å². The third kappa shape index (κ3) is 3.99. The SMILES string of the molecule is CN(C(=O)CCCc1nnnn1C)C1CCC([N+](=O)[O-])CC1. The maximum atomic E-state index is 12.2. The average molecular weight is 310 g/mol. The molecule has 9 heteroatoms. The fourth-order valence-electron chi connectivity index (χ4n) is 2.89. The number of nitrogens with zero attached hydrogens (tertiary/aromatic N) is 6. The molecule has 0 aromatic carbocycles. The summed E-state index contributed by atoms with van der Waals surface area (Å²) in [7, 11) is 3.57. The second-order valence-electron chi connectivity index (χ2n) is 5.82. The molecule has 1 aromatic heterocycles. The fraction of sp³-hybridized carbons (Fsp3) is 0.846. The summed E-state index contributed by atoms with van der Waals surface area (Å²) < 4.78 is 1.60. The lowest BCUT2D eigenvalue weighted by Crippen LogP contribution is -2.41. The summed E-state index contributed by atoms with van der Waals surface area (Å²) in [4.78, 5) is 24.5. The van der Waals surface area contributed by atoms with E-state index < -0.39 is 6.04 Å². The smallest absolute Gasteiger partial charge is 0.222 e. The second kappa shape index (κ2) is 7.28. The van der Waals surface area contributed by atoms with Gasteiger partial charge in [0.05, 0.1) is 0 Å². The molecule has 1 aliphatic carbocycles. The highest BCUT2D eigenvalue weighted by Crippen LogP contribution is 2.24. The predicted molar refractivity (Wildman–Crippen MR) is 77.5 cm³/mol. The van der Waals surface area contributed by atoms with Gasteiger partial charge in [-0.25, -0.2) is 4.68 Å². The summed E-state index contributed by atoms with van der Waals surface area (Å²) in [5.74, 6) is 0.849. The zero-order chi connectivity index (χ0) is 16.1. The molecule has 0 bridgehead atoms. The number of hydrogen-bond acceptors (Lipinski definition) is 6. The zero-order valence-electron chi connectivity index (χ0n) is 13.0. The summed E-state index contributed by atoms with van der Waals surface area (Å²) in [6.45, 7) is 0. The van der Waals surface area contributed by atoms with Crippen molar-refractivity contribution in [2.24, 2.45) is 7.05 Å². The molecule has 1 saturated carbocycles. The Morgan fingerprint density at radius 1 is 1.41 bits per heavy atom. The minimum atomic E-state index is -0.442. The van der Waals surface area contributed by atoms with Crippen molar-refractivity contribution in [3.63, 3.8) is 0 Å². The van der Waals surface area contributed by atoms with Crippen molar-refractivity contribution < 1.29 is 9.72 Å². The van der Waals surface area contributed by atoms with Gasteiger partial charge in [0.2, 0.25) is 11.9 Å². The standard InChI is InChI=1S/C13H22N6O3/c1-17(10-6-8-11(9-7-10)19(21)22)13(20)5-3-4-12-14-15-16-18(12)2/h10-11H,3-9H2,1-2H3. The number of carbonyl (C=O) groups excluding carboxylic acids is 1. The molecule has 9 nitrogen and oxygen atoms in total. The molecular formula is C13H22N6O3. The molecule has 1 amide bonds. The van der Waals surface area contributed by atoms with Crippen LogP contribution in [0, 0.1) is 10.1 Å². The van der Waals surface area contributed by atoms with Crippen LogP contribution in [-0.2, 0) is 18.3 Å². The lowest BCUT2D eigenvalue weighted by molar-refractivity contribution is -0.526. The maximum Gasteiger partial charge on any atom is 0.222 e. The minimum absolute atomic E-state index is 0.0830. The summed E-state index contributed by atoms with van der Waals surface area (Å²) in [5.41, 5.74) is 0. The van der Waals surface area contributed by atoms with E-state index in [4.69, 9.17) is 0 Å². The quantitative estimate of drug-likeness (QED) is 0.562. The fourth-order valence-corrected chi connectivity index (χ4v) is 2.89. The number of carbonyl (C=O) groups is 1. The van der Waals surface area contributed by atoms with E-state index in [0.29, 0.717) is 44.9 Å². The van der Waals surface area contributed by atoms with Gasteiger partial charge in [0, 0.05) is 50.7 Å². The Labute approximate surface area is 128 Å². The highest BCUT2D eigenvalue weighted by Gasteiger charge is 2.31. The largest absolute Gasteiger partial charge is 0.343 e. The van der Waals surface area contributed by atoms with Crippen molar-refractivity contribution in [2.75, 3.05) is 7.05 Å². The second-order valence-corrected chi connectivity index (χ2v) is 5.82. The first-order valence-corrected chi connectivity index (χ1v) is 7.59. The van der Waals surface area contributed by atoms with Crippen LogP contribution in [0.4, 0.5) is 0 Å². The van der Waals surface area contributed by atoms with Gasteiger partial charge in [-0.15, -0.1) is 5.10 Å². The summed E-state index contributed by atoms with van der Waals surface area (Å²) in [6.07, 6.45) is 4.33. The third-order valence-electron chi connectivity index (χ3n) is 4.40. The van der Waals surface area contributed by atoms with Gasteiger partial charge >= 0.3 is 0 Å². The van der Waals surface area contributed by atoms with Crippen LogP contribution in [0.2, 0.25) is 0 Å². The number of aryl methyl sites for hydroxylation is 2. The monoisotopic (exact) mass is 310 g/mol. The van der Waals surface area contributed by atoms with Crippen molar-refractivity contribution >= 4 is 5.91 Å². The molecule has 0 spiro atoms. The van der Waals surface area contributed by atoms with Gasteiger partial charge < -0.3 is 4.90 Å². The molecule has 0 aliphatic heterocycles. The van der Waals surface area contributed by atoms with Crippen molar-refractivity contribution in [3.8, 4) is 0 Å². The van der Waals surface area contributed by atoms with Gasteiger partial charge in [0.15, 0.2) is 5.82 Å². The Balaban J connectivity index is 1.73. The van der Waals surface area contributed by atoms with Crippen molar-refractivity contribution in [2.45, 2.75) is 57.0 Å². The van der Waals surface area contributed by atoms with Crippen LogP contribution >= 0.6 is 0 Å². The van der Waals surface area contributed by atoms with E-state index in [-0.39, 0.29) is 16.9 Å². The third-order valence-corrected chi connectivity index (χ3v) is 4.40. The predicted octanol–water partition coefficient (Wildman–Crippen LogP) is 0.579. The summed E-state index contributed by atoms with van der Waals surface area (Å²) in [6, 6.07) is -0.316. The van der Waals surface area contributed by atoms with Crippen LogP contribution < -0.4 is 0 Å². The zero-order valence-corrected chi connectivity index (χ0v) is 13.0. The van der Waals surface area contributed by atoms with Crippen molar-refractivity contribution in [1.29, 1.82) is 0 Å². The van der Waals surface area contributed by atoms with Crippen LogP contribution in [-0.4, -0.2) is 55.1 Å². The van der Waals surface area contributed by atoms with Crippen LogP contribution in [0.25, 0.3) is 0 Å². The average Bonchev–Trinajstić information content (AvgIpc) is 2.92. The minimum Gasteiger partial charge on any atom is -0.343 e. The number of amides is 1. The first-order chi connectivity index (χ1) is 10.5. The molecule has 1 aliphatic rings. The number of tetrazole rings is 1. The highest BCUT2D eigenvalue weighted by atomic mass is 16.6. The molecule has 1 fully saturated rings. The molecule has 0 saturated heterocycles. The molecule has 0 N–H and O–H groups in total. The number of nitro groups is 1. The lowest BCUT2D eigenvalue weighted by atomic mass is 9.90. The van der Waals surface area contributed by atoms with Crippen LogP contribution in [0.3, 0.4) is 0 Å². The van der Waals surface area contributed by atoms with Gasteiger partial charge in [0.1, 0.15) is 0 Å². The van der Waals surface area contributed by atoms with Gasteiger partial charge in [-0.3, -0.25) is 14.9 Å². The van der Waals surface area contributed by atoms with Gasteiger partial charge in [-0.2, -0.15) is 0 Å². The molecular weight excluding hydrogens is 288 g/mol. The van der Waals surface area contributed by atoms with Crippen molar-refractivity contribution in [3.05, 3.63) is 15.9 Å². The molecule has 0 unspecified atom stereocenters. The molecule has 2 rings (SSSR count). The Morgan fingerprint density at radius 3 is 2.64 bits per heavy atom. The van der Waals surface area contributed by atoms with Crippen LogP contribution in [0.15, 0.2) is 0 Å². The molecule has 1 aromatic rings.